The molecule has 7 nitrogen and oxygen atoms in total. The molecule has 16 heavy (non-hydrogen) atoms. The SMILES string of the molecule is O=C(O)c1nc(C2CCCO2)oc1C(=O)O. The maximum atomic E-state index is 10.7. The molecule has 2 rings (SSSR count). The first-order valence-corrected chi connectivity index (χ1v) is 4.68. The Kier molecular flexibility index (Phi) is 2.61. The van der Waals surface area contributed by atoms with Crippen molar-refractivity contribution in [3.63, 3.8) is 0 Å². The third-order valence-electron chi connectivity index (χ3n) is 2.25. The molecule has 0 saturated carbocycles. The number of carbonyl (C=O) groups is 2. The van der Waals surface area contributed by atoms with Gasteiger partial charge in [0, 0.05) is 6.61 Å². The van der Waals surface area contributed by atoms with E-state index in [4.69, 9.17) is 19.4 Å². The maximum absolute atomic E-state index is 10.7. The Morgan fingerprint density at radius 2 is 2.06 bits per heavy atom. The lowest BCUT2D eigenvalue weighted by molar-refractivity contribution is 0.0609. The van der Waals surface area contributed by atoms with Crippen LogP contribution in [0.15, 0.2) is 4.42 Å². The number of oxazole rings is 1. The predicted molar refractivity (Wildman–Crippen MR) is 48.3 cm³/mol. The predicted octanol–water partition coefficient (Wildman–Crippen LogP) is 0.923. The number of aromatic nitrogens is 1. The highest BCUT2D eigenvalue weighted by atomic mass is 16.5. The van der Waals surface area contributed by atoms with Gasteiger partial charge >= 0.3 is 11.9 Å². The number of carboxylic acids is 2. The highest BCUT2D eigenvalue weighted by molar-refractivity contribution is 5.98. The fraction of sp³-hybridized carbons (Fsp3) is 0.444. The molecule has 2 heterocycles. The number of hydrogen-bond acceptors (Lipinski definition) is 5. The molecule has 0 aliphatic carbocycles. The quantitative estimate of drug-likeness (QED) is 0.789. The highest BCUT2D eigenvalue weighted by Gasteiger charge is 2.30. The zero-order valence-corrected chi connectivity index (χ0v) is 8.17. The molecule has 1 aromatic heterocycles. The molecule has 0 radical (unpaired) electrons. The van der Waals surface area contributed by atoms with Crippen LogP contribution in [-0.4, -0.2) is 33.7 Å². The van der Waals surface area contributed by atoms with Gasteiger partial charge < -0.3 is 19.4 Å². The Labute approximate surface area is 89.7 Å². The normalized spacial score (nSPS) is 19.9. The summed E-state index contributed by atoms with van der Waals surface area (Å²) in [6.45, 7) is 0.540. The van der Waals surface area contributed by atoms with E-state index in [1.54, 1.807) is 0 Å². The molecular weight excluding hydrogens is 218 g/mol. The Hall–Kier alpha value is -1.89. The van der Waals surface area contributed by atoms with Gasteiger partial charge in [0.05, 0.1) is 0 Å². The number of nitrogens with zero attached hydrogens (tertiary/aromatic N) is 1. The molecule has 0 aromatic carbocycles. The van der Waals surface area contributed by atoms with Gasteiger partial charge in [-0.05, 0) is 12.8 Å². The minimum absolute atomic E-state index is 0.0206. The van der Waals surface area contributed by atoms with E-state index in [1.807, 2.05) is 0 Å². The summed E-state index contributed by atoms with van der Waals surface area (Å²) in [6.07, 6.45) is 1.03. The van der Waals surface area contributed by atoms with Crippen LogP contribution in [0.2, 0.25) is 0 Å². The summed E-state index contributed by atoms with van der Waals surface area (Å²) in [7, 11) is 0. The molecule has 2 N–H and O–H groups in total. The first kappa shape index (κ1) is 10.6. The number of carboxylic acid groups (broad SMARTS) is 2. The van der Waals surface area contributed by atoms with Gasteiger partial charge in [0.15, 0.2) is 0 Å². The van der Waals surface area contributed by atoms with Crippen molar-refractivity contribution in [2.75, 3.05) is 6.61 Å². The second kappa shape index (κ2) is 3.93. The van der Waals surface area contributed by atoms with Gasteiger partial charge in [-0.3, -0.25) is 0 Å². The van der Waals surface area contributed by atoms with E-state index in [0.717, 1.165) is 6.42 Å². The first-order chi connectivity index (χ1) is 7.59. The lowest BCUT2D eigenvalue weighted by Gasteiger charge is -2.01. The van der Waals surface area contributed by atoms with Crippen molar-refractivity contribution < 1.29 is 29.0 Å². The summed E-state index contributed by atoms with van der Waals surface area (Å²) in [4.78, 5) is 25.1. The van der Waals surface area contributed by atoms with E-state index in [2.05, 4.69) is 4.98 Å². The second-order valence-electron chi connectivity index (χ2n) is 3.34. The Bertz CT molecular complexity index is 400. The zero-order chi connectivity index (χ0) is 11.7. The number of aromatic carboxylic acids is 2. The molecule has 7 heteroatoms. The summed E-state index contributed by atoms with van der Waals surface area (Å²) in [5, 5.41) is 17.5. The number of ether oxygens (including phenoxy) is 1. The molecule has 1 aliphatic rings. The van der Waals surface area contributed by atoms with Crippen LogP contribution < -0.4 is 0 Å². The minimum atomic E-state index is -1.45. The van der Waals surface area contributed by atoms with E-state index in [-0.39, 0.29) is 5.89 Å². The molecule has 1 atom stereocenters. The fourth-order valence-corrected chi connectivity index (χ4v) is 1.54. The smallest absolute Gasteiger partial charge is 0.374 e. The van der Waals surface area contributed by atoms with Gasteiger partial charge in [0.2, 0.25) is 17.3 Å². The Balaban J connectivity index is 2.37. The van der Waals surface area contributed by atoms with Crippen molar-refractivity contribution in [2.24, 2.45) is 0 Å². The molecule has 0 spiro atoms. The van der Waals surface area contributed by atoms with Crippen LogP contribution in [0.5, 0.6) is 0 Å². The average molecular weight is 227 g/mol. The first-order valence-electron chi connectivity index (χ1n) is 4.68. The maximum Gasteiger partial charge on any atom is 0.374 e. The van der Waals surface area contributed by atoms with Crippen LogP contribution in [-0.2, 0) is 4.74 Å². The van der Waals surface area contributed by atoms with Gasteiger partial charge in [0.25, 0.3) is 0 Å². The van der Waals surface area contributed by atoms with E-state index >= 15 is 0 Å². The van der Waals surface area contributed by atoms with Crippen LogP contribution in [0.25, 0.3) is 0 Å². The second-order valence-corrected chi connectivity index (χ2v) is 3.34. The third-order valence-corrected chi connectivity index (χ3v) is 2.25. The van der Waals surface area contributed by atoms with Crippen LogP contribution in [0.4, 0.5) is 0 Å². The molecule has 86 valence electrons. The summed E-state index contributed by atoms with van der Waals surface area (Å²) < 4.78 is 10.1. The molecule has 1 fully saturated rings. The highest BCUT2D eigenvalue weighted by Crippen LogP contribution is 2.29. The zero-order valence-electron chi connectivity index (χ0n) is 8.17. The molecule has 1 unspecified atom stereocenters. The molecule has 0 amide bonds. The molecule has 1 saturated heterocycles. The topological polar surface area (TPSA) is 110 Å². The third kappa shape index (κ3) is 1.76. The number of hydrogen-bond donors (Lipinski definition) is 2. The van der Waals surface area contributed by atoms with Crippen LogP contribution in [0.3, 0.4) is 0 Å². The average Bonchev–Trinajstić information content (AvgIpc) is 2.86. The van der Waals surface area contributed by atoms with Gasteiger partial charge in [-0.25, -0.2) is 14.6 Å². The molecular formula is C9H9NO6. The number of rotatable bonds is 3. The van der Waals surface area contributed by atoms with Crippen molar-refractivity contribution in [3.8, 4) is 0 Å². The summed E-state index contributed by atoms with van der Waals surface area (Å²) >= 11 is 0. The standard InChI is InChI=1S/C9H9NO6/c11-8(12)5-6(9(13)14)16-7(10-5)4-2-1-3-15-4/h4H,1-3H2,(H,11,12)(H,13,14). The van der Waals surface area contributed by atoms with Crippen molar-refractivity contribution in [1.29, 1.82) is 0 Å². The largest absolute Gasteiger partial charge is 0.476 e. The van der Waals surface area contributed by atoms with Gasteiger partial charge in [-0.1, -0.05) is 0 Å². The molecule has 1 aromatic rings. The lowest BCUT2D eigenvalue weighted by Crippen LogP contribution is -2.06. The summed E-state index contributed by atoms with van der Waals surface area (Å²) in [6, 6.07) is 0. The van der Waals surface area contributed by atoms with Crippen LogP contribution in [0.1, 0.15) is 45.9 Å². The monoisotopic (exact) mass is 227 g/mol. The Morgan fingerprint density at radius 1 is 1.31 bits per heavy atom. The van der Waals surface area contributed by atoms with Gasteiger partial charge in [-0.15, -0.1) is 0 Å². The van der Waals surface area contributed by atoms with Crippen molar-refractivity contribution >= 4 is 11.9 Å². The summed E-state index contributed by atoms with van der Waals surface area (Å²) in [5.41, 5.74) is -0.585. The van der Waals surface area contributed by atoms with E-state index < -0.39 is 29.5 Å². The van der Waals surface area contributed by atoms with Crippen LogP contribution in [0, 0.1) is 0 Å². The lowest BCUT2D eigenvalue weighted by atomic mass is 10.2. The van der Waals surface area contributed by atoms with E-state index in [1.165, 1.54) is 0 Å². The fourth-order valence-electron chi connectivity index (χ4n) is 1.54. The summed E-state index contributed by atoms with van der Waals surface area (Å²) in [5.74, 6) is -3.51. The van der Waals surface area contributed by atoms with Crippen LogP contribution >= 0.6 is 0 Å². The van der Waals surface area contributed by atoms with E-state index in [9.17, 15) is 9.59 Å². The van der Waals surface area contributed by atoms with Crippen molar-refractivity contribution in [1.82, 2.24) is 4.98 Å². The molecule has 1 aliphatic heterocycles. The Morgan fingerprint density at radius 3 is 2.50 bits per heavy atom. The van der Waals surface area contributed by atoms with Crippen molar-refractivity contribution in [3.05, 3.63) is 17.3 Å². The van der Waals surface area contributed by atoms with Crippen molar-refractivity contribution in [2.45, 2.75) is 18.9 Å². The molecule has 0 bridgehead atoms. The van der Waals surface area contributed by atoms with Gasteiger partial charge in [-0.2, -0.15) is 0 Å². The minimum Gasteiger partial charge on any atom is -0.476 e. The van der Waals surface area contributed by atoms with E-state index in [0.29, 0.717) is 13.0 Å². The van der Waals surface area contributed by atoms with Gasteiger partial charge in [0.1, 0.15) is 6.10 Å².